The molecular formula is C25H35ClN2O5. The van der Waals surface area contributed by atoms with E-state index in [9.17, 15) is 4.79 Å². The summed E-state index contributed by atoms with van der Waals surface area (Å²) in [6, 6.07) is 9.61. The Bertz CT molecular complexity index is 920. The fraction of sp³-hybridized carbons (Fsp3) is 0.480. The third kappa shape index (κ3) is 5.84. The van der Waals surface area contributed by atoms with E-state index in [1.54, 1.807) is 6.07 Å². The molecule has 2 N–H and O–H groups in total. The summed E-state index contributed by atoms with van der Waals surface area (Å²) in [5.41, 5.74) is 7.17. The Hall–Kier alpha value is -2.64. The van der Waals surface area contributed by atoms with Crippen molar-refractivity contribution in [3.8, 4) is 28.7 Å². The van der Waals surface area contributed by atoms with Crippen LogP contribution >= 0.6 is 12.4 Å². The van der Waals surface area contributed by atoms with Crippen molar-refractivity contribution in [1.82, 2.24) is 4.90 Å². The number of piperidine rings is 1. The van der Waals surface area contributed by atoms with Crippen LogP contribution in [-0.2, 0) is 6.42 Å². The molecule has 1 aliphatic rings. The Morgan fingerprint density at radius 2 is 1.70 bits per heavy atom. The van der Waals surface area contributed by atoms with Gasteiger partial charge in [-0.2, -0.15) is 0 Å². The summed E-state index contributed by atoms with van der Waals surface area (Å²) in [6.07, 6.45) is 4.86. The van der Waals surface area contributed by atoms with E-state index in [0.29, 0.717) is 40.9 Å². The van der Waals surface area contributed by atoms with Crippen LogP contribution in [0.25, 0.3) is 0 Å². The molecule has 8 heteroatoms. The first kappa shape index (κ1) is 26.6. The molecule has 0 aromatic heterocycles. The summed E-state index contributed by atoms with van der Waals surface area (Å²) in [5, 5.41) is 0. The number of ether oxygens (including phenoxy) is 4. The largest absolute Gasteiger partial charge is 0.492 e. The van der Waals surface area contributed by atoms with Crippen LogP contribution in [0.15, 0.2) is 30.3 Å². The SMILES string of the molecule is CCC1CCCCN1C(=O)c1cc(Oc2ccc(CCN)cc2)c(OC)c(OC)c1OC.Cl. The lowest BCUT2D eigenvalue weighted by molar-refractivity contribution is 0.0603. The van der Waals surface area contributed by atoms with Gasteiger partial charge in [-0.15, -0.1) is 12.4 Å². The lowest BCUT2D eigenvalue weighted by atomic mass is 9.98. The lowest BCUT2D eigenvalue weighted by Crippen LogP contribution is -2.43. The normalized spacial score (nSPS) is 15.4. The zero-order valence-electron chi connectivity index (χ0n) is 19.9. The molecule has 7 nitrogen and oxygen atoms in total. The van der Waals surface area contributed by atoms with Gasteiger partial charge in [-0.3, -0.25) is 4.79 Å². The van der Waals surface area contributed by atoms with Crippen molar-refractivity contribution in [2.45, 2.75) is 45.1 Å². The number of hydrogen-bond acceptors (Lipinski definition) is 6. The van der Waals surface area contributed by atoms with Crippen LogP contribution in [0.1, 0.15) is 48.5 Å². The van der Waals surface area contributed by atoms with E-state index < -0.39 is 0 Å². The Morgan fingerprint density at radius 3 is 2.27 bits per heavy atom. The maximum atomic E-state index is 13.6. The van der Waals surface area contributed by atoms with Crippen LogP contribution in [0.2, 0.25) is 0 Å². The van der Waals surface area contributed by atoms with Crippen molar-refractivity contribution in [3.63, 3.8) is 0 Å². The van der Waals surface area contributed by atoms with Crippen LogP contribution in [-0.4, -0.2) is 51.3 Å². The maximum Gasteiger partial charge on any atom is 0.258 e. The summed E-state index contributed by atoms with van der Waals surface area (Å²) in [6.45, 7) is 3.43. The molecule has 33 heavy (non-hydrogen) atoms. The van der Waals surface area contributed by atoms with Crippen LogP contribution in [0.5, 0.6) is 28.7 Å². The molecule has 1 atom stereocenters. The van der Waals surface area contributed by atoms with Gasteiger partial charge < -0.3 is 29.6 Å². The molecule has 0 saturated carbocycles. The Morgan fingerprint density at radius 1 is 1.03 bits per heavy atom. The van der Waals surface area contributed by atoms with Gasteiger partial charge in [0.2, 0.25) is 11.5 Å². The number of halogens is 1. The van der Waals surface area contributed by atoms with Crippen LogP contribution in [0.4, 0.5) is 0 Å². The van der Waals surface area contributed by atoms with Gasteiger partial charge in [0.25, 0.3) is 5.91 Å². The van der Waals surface area contributed by atoms with Gasteiger partial charge >= 0.3 is 0 Å². The highest BCUT2D eigenvalue weighted by Crippen LogP contribution is 2.48. The predicted molar refractivity (Wildman–Crippen MR) is 132 cm³/mol. The first-order valence-corrected chi connectivity index (χ1v) is 11.2. The van der Waals surface area contributed by atoms with Gasteiger partial charge in [-0.05, 0) is 56.3 Å². The van der Waals surface area contributed by atoms with Gasteiger partial charge in [0.05, 0.1) is 26.9 Å². The highest BCUT2D eigenvalue weighted by Gasteiger charge is 2.32. The monoisotopic (exact) mass is 478 g/mol. The van der Waals surface area contributed by atoms with E-state index in [1.807, 2.05) is 29.2 Å². The number of nitrogens with zero attached hydrogens (tertiary/aromatic N) is 1. The predicted octanol–water partition coefficient (Wildman–Crippen LogP) is 4.83. The third-order valence-corrected chi connectivity index (χ3v) is 5.94. The zero-order valence-corrected chi connectivity index (χ0v) is 20.7. The minimum atomic E-state index is -0.0857. The molecule has 0 radical (unpaired) electrons. The number of nitrogens with two attached hydrogens (primary N) is 1. The average molecular weight is 479 g/mol. The highest BCUT2D eigenvalue weighted by molar-refractivity contribution is 5.99. The van der Waals surface area contributed by atoms with E-state index in [-0.39, 0.29) is 24.4 Å². The fourth-order valence-corrected chi connectivity index (χ4v) is 4.28. The van der Waals surface area contributed by atoms with Gasteiger partial charge in [0, 0.05) is 18.7 Å². The third-order valence-electron chi connectivity index (χ3n) is 5.94. The number of hydrogen-bond donors (Lipinski definition) is 1. The Balaban J connectivity index is 0.00000385. The molecule has 0 bridgehead atoms. The molecule has 1 heterocycles. The summed E-state index contributed by atoms with van der Waals surface area (Å²) in [5.74, 6) is 1.99. The molecule has 0 spiro atoms. The number of carbonyl (C=O) groups is 1. The van der Waals surface area contributed by atoms with E-state index in [2.05, 4.69) is 6.92 Å². The first-order chi connectivity index (χ1) is 15.6. The second-order valence-corrected chi connectivity index (χ2v) is 7.86. The Kier molecular flexibility index (Phi) is 10.1. The minimum absolute atomic E-state index is 0. The van der Waals surface area contributed by atoms with Crippen molar-refractivity contribution in [2.75, 3.05) is 34.4 Å². The summed E-state index contributed by atoms with van der Waals surface area (Å²) in [7, 11) is 4.59. The van der Waals surface area contributed by atoms with Crippen LogP contribution in [0, 0.1) is 0 Å². The number of likely N-dealkylation sites (tertiary alicyclic amines) is 1. The van der Waals surface area contributed by atoms with E-state index in [4.69, 9.17) is 24.7 Å². The van der Waals surface area contributed by atoms with Crippen molar-refractivity contribution in [2.24, 2.45) is 5.73 Å². The smallest absolute Gasteiger partial charge is 0.258 e. The molecule has 1 unspecified atom stereocenters. The molecule has 3 rings (SSSR count). The van der Waals surface area contributed by atoms with Gasteiger partial charge in [0.1, 0.15) is 5.75 Å². The molecule has 1 amide bonds. The fourth-order valence-electron chi connectivity index (χ4n) is 4.28. The molecule has 2 aromatic carbocycles. The number of amides is 1. The second kappa shape index (κ2) is 12.6. The second-order valence-electron chi connectivity index (χ2n) is 7.86. The molecule has 1 fully saturated rings. The molecule has 2 aromatic rings. The Labute approximate surface area is 202 Å². The summed E-state index contributed by atoms with van der Waals surface area (Å²) < 4.78 is 23.0. The summed E-state index contributed by atoms with van der Waals surface area (Å²) in [4.78, 5) is 15.6. The zero-order chi connectivity index (χ0) is 23.1. The minimum Gasteiger partial charge on any atom is -0.492 e. The molecule has 182 valence electrons. The van der Waals surface area contributed by atoms with Crippen molar-refractivity contribution in [3.05, 3.63) is 41.5 Å². The van der Waals surface area contributed by atoms with Crippen molar-refractivity contribution < 1.29 is 23.7 Å². The quantitative estimate of drug-likeness (QED) is 0.555. The van der Waals surface area contributed by atoms with E-state index in [0.717, 1.165) is 44.2 Å². The number of benzene rings is 2. The highest BCUT2D eigenvalue weighted by atomic mass is 35.5. The topological polar surface area (TPSA) is 83.3 Å². The standard InChI is InChI=1S/C25H34N2O5.ClH/c1-5-18-8-6-7-15-27(18)25(28)20-16-21(23(30-3)24(31-4)22(20)29-2)32-19-11-9-17(10-12-19)13-14-26;/h9-12,16,18H,5-8,13-15,26H2,1-4H3;1H. The van der Waals surface area contributed by atoms with E-state index in [1.165, 1.54) is 21.3 Å². The van der Waals surface area contributed by atoms with Crippen LogP contribution < -0.4 is 24.7 Å². The number of carbonyl (C=O) groups excluding carboxylic acids is 1. The lowest BCUT2D eigenvalue weighted by Gasteiger charge is -2.35. The first-order valence-electron chi connectivity index (χ1n) is 11.2. The average Bonchev–Trinajstić information content (AvgIpc) is 2.83. The van der Waals surface area contributed by atoms with Gasteiger partial charge in [-0.1, -0.05) is 19.1 Å². The summed E-state index contributed by atoms with van der Waals surface area (Å²) >= 11 is 0. The van der Waals surface area contributed by atoms with Gasteiger partial charge in [-0.25, -0.2) is 0 Å². The molecular weight excluding hydrogens is 444 g/mol. The van der Waals surface area contributed by atoms with Crippen LogP contribution in [0.3, 0.4) is 0 Å². The maximum absolute atomic E-state index is 13.6. The van der Waals surface area contributed by atoms with Gasteiger partial charge in [0.15, 0.2) is 11.5 Å². The van der Waals surface area contributed by atoms with Crippen molar-refractivity contribution >= 4 is 18.3 Å². The van der Waals surface area contributed by atoms with Crippen molar-refractivity contribution in [1.29, 1.82) is 0 Å². The number of methoxy groups -OCH3 is 3. The molecule has 1 saturated heterocycles. The number of rotatable bonds is 9. The van der Waals surface area contributed by atoms with E-state index >= 15 is 0 Å². The molecule has 1 aliphatic heterocycles. The molecule has 0 aliphatic carbocycles.